The molecule has 2 aromatic rings. The highest BCUT2D eigenvalue weighted by molar-refractivity contribution is 5.92. The molecule has 0 aliphatic carbocycles. The van der Waals surface area contributed by atoms with Gasteiger partial charge in [-0.25, -0.2) is 0 Å². The lowest BCUT2D eigenvalue weighted by atomic mass is 9.73. The van der Waals surface area contributed by atoms with Gasteiger partial charge in [-0.2, -0.15) is 0 Å². The molecule has 1 atom stereocenters. The Hall–Kier alpha value is -2.29. The van der Waals surface area contributed by atoms with E-state index < -0.39 is 0 Å². The highest BCUT2D eigenvalue weighted by atomic mass is 16.1. The van der Waals surface area contributed by atoms with Crippen LogP contribution in [0.1, 0.15) is 53.4 Å². The molecule has 0 fully saturated rings. The third-order valence-electron chi connectivity index (χ3n) is 4.52. The second kappa shape index (κ2) is 5.16. The van der Waals surface area contributed by atoms with E-state index in [0.717, 1.165) is 12.0 Å². The molecule has 3 rings (SSSR count). The van der Waals surface area contributed by atoms with Crippen LogP contribution in [0.25, 0.3) is 0 Å². The molecule has 22 heavy (non-hydrogen) atoms. The number of amides is 1. The van der Waals surface area contributed by atoms with Gasteiger partial charge in [-0.3, -0.25) is 4.79 Å². The van der Waals surface area contributed by atoms with Crippen LogP contribution in [0.5, 0.6) is 0 Å². The summed E-state index contributed by atoms with van der Waals surface area (Å²) in [5, 5.41) is 3.61. The van der Waals surface area contributed by atoms with E-state index in [1.165, 1.54) is 16.8 Å². The van der Waals surface area contributed by atoms with Crippen molar-refractivity contribution in [3.8, 4) is 0 Å². The Morgan fingerprint density at radius 3 is 2.73 bits per heavy atom. The molecule has 1 aliphatic heterocycles. The first-order chi connectivity index (χ1) is 10.4. The van der Waals surface area contributed by atoms with Crippen molar-refractivity contribution in [1.29, 1.82) is 0 Å². The van der Waals surface area contributed by atoms with Gasteiger partial charge in [0.15, 0.2) is 0 Å². The van der Waals surface area contributed by atoms with Crippen molar-refractivity contribution in [1.82, 2.24) is 0 Å². The van der Waals surface area contributed by atoms with Crippen molar-refractivity contribution >= 4 is 11.6 Å². The zero-order valence-corrected chi connectivity index (χ0v) is 13.3. The average molecular weight is 294 g/mol. The van der Waals surface area contributed by atoms with Gasteiger partial charge in [0.05, 0.1) is 6.04 Å². The fraction of sp³-hybridized carbons (Fsp3) is 0.316. The molecule has 114 valence electrons. The van der Waals surface area contributed by atoms with Gasteiger partial charge in [-0.05, 0) is 48.1 Å². The zero-order valence-electron chi connectivity index (χ0n) is 13.3. The molecule has 3 heteroatoms. The van der Waals surface area contributed by atoms with Gasteiger partial charge in [0.1, 0.15) is 0 Å². The SMILES string of the molecule is Cc1ccc2c(c1)C(C)(C)CC(c1cccc(C(N)=O)c1)N2. The topological polar surface area (TPSA) is 55.1 Å². The number of aryl methyl sites for hydroxylation is 1. The molecule has 0 radical (unpaired) electrons. The fourth-order valence-corrected chi connectivity index (χ4v) is 3.31. The second-order valence-electron chi connectivity index (χ2n) is 6.82. The minimum atomic E-state index is -0.382. The lowest BCUT2D eigenvalue weighted by Crippen LogP contribution is -2.31. The molecule has 1 unspecified atom stereocenters. The van der Waals surface area contributed by atoms with Gasteiger partial charge in [-0.15, -0.1) is 0 Å². The Kier molecular flexibility index (Phi) is 3.44. The van der Waals surface area contributed by atoms with Crippen molar-refractivity contribution in [2.24, 2.45) is 5.73 Å². The van der Waals surface area contributed by atoms with Gasteiger partial charge in [0, 0.05) is 11.3 Å². The largest absolute Gasteiger partial charge is 0.378 e. The van der Waals surface area contributed by atoms with Crippen LogP contribution in [-0.4, -0.2) is 5.91 Å². The Bertz CT molecular complexity index is 734. The van der Waals surface area contributed by atoms with Crippen LogP contribution in [0.3, 0.4) is 0 Å². The zero-order chi connectivity index (χ0) is 15.9. The number of nitrogens with one attached hydrogen (secondary N) is 1. The molecule has 0 bridgehead atoms. The Morgan fingerprint density at radius 2 is 2.00 bits per heavy atom. The van der Waals surface area contributed by atoms with Crippen molar-refractivity contribution in [3.05, 3.63) is 64.7 Å². The molecule has 3 nitrogen and oxygen atoms in total. The van der Waals surface area contributed by atoms with Crippen LogP contribution in [-0.2, 0) is 5.41 Å². The number of rotatable bonds is 2. The highest BCUT2D eigenvalue weighted by Gasteiger charge is 2.33. The number of fused-ring (bicyclic) bond motifs is 1. The van der Waals surface area contributed by atoms with E-state index in [-0.39, 0.29) is 17.4 Å². The molecule has 3 N–H and O–H groups in total. The summed E-state index contributed by atoms with van der Waals surface area (Å²) in [4.78, 5) is 11.4. The van der Waals surface area contributed by atoms with E-state index in [0.29, 0.717) is 5.56 Å². The monoisotopic (exact) mass is 294 g/mol. The van der Waals surface area contributed by atoms with Crippen LogP contribution >= 0.6 is 0 Å². The van der Waals surface area contributed by atoms with E-state index in [2.05, 4.69) is 50.4 Å². The van der Waals surface area contributed by atoms with Crippen LogP contribution in [0.15, 0.2) is 42.5 Å². The Labute approximate surface area is 131 Å². The number of nitrogens with two attached hydrogens (primary N) is 1. The Balaban J connectivity index is 2.00. The number of hydrogen-bond acceptors (Lipinski definition) is 2. The summed E-state index contributed by atoms with van der Waals surface area (Å²) in [6.07, 6.45) is 0.978. The molecule has 1 heterocycles. The first-order valence-corrected chi connectivity index (χ1v) is 7.64. The number of benzene rings is 2. The summed E-state index contributed by atoms with van der Waals surface area (Å²) in [7, 11) is 0. The lowest BCUT2D eigenvalue weighted by molar-refractivity contribution is 0.1000. The number of primary amides is 1. The van der Waals surface area contributed by atoms with Gasteiger partial charge in [0.25, 0.3) is 0 Å². The molecule has 1 aliphatic rings. The lowest BCUT2D eigenvalue weighted by Gasteiger charge is -2.39. The number of carbonyl (C=O) groups is 1. The molecule has 2 aromatic carbocycles. The molecular formula is C19H22N2O. The molecular weight excluding hydrogens is 272 g/mol. The van der Waals surface area contributed by atoms with Crippen LogP contribution in [0, 0.1) is 6.92 Å². The number of anilines is 1. The van der Waals surface area contributed by atoms with Crippen molar-refractivity contribution in [3.63, 3.8) is 0 Å². The van der Waals surface area contributed by atoms with E-state index in [9.17, 15) is 4.79 Å². The normalized spacial score (nSPS) is 19.1. The van der Waals surface area contributed by atoms with Gasteiger partial charge in [0.2, 0.25) is 5.91 Å². The number of hydrogen-bond donors (Lipinski definition) is 2. The maximum Gasteiger partial charge on any atom is 0.248 e. The minimum absolute atomic E-state index is 0.0833. The summed E-state index contributed by atoms with van der Waals surface area (Å²) < 4.78 is 0. The smallest absolute Gasteiger partial charge is 0.248 e. The standard InChI is InChI=1S/C19H22N2O/c1-12-7-8-16-15(9-12)19(2,3)11-17(21-16)13-5-4-6-14(10-13)18(20)22/h4-10,17,21H,11H2,1-3H3,(H2,20,22). The Morgan fingerprint density at radius 1 is 1.23 bits per heavy atom. The third kappa shape index (κ3) is 2.59. The molecule has 0 aromatic heterocycles. The molecule has 0 saturated carbocycles. The summed E-state index contributed by atoms with van der Waals surface area (Å²) in [6.45, 7) is 6.67. The molecule has 0 spiro atoms. The van der Waals surface area contributed by atoms with Gasteiger partial charge in [-0.1, -0.05) is 43.7 Å². The fourth-order valence-electron chi connectivity index (χ4n) is 3.31. The van der Waals surface area contributed by atoms with E-state index in [1.54, 1.807) is 6.07 Å². The third-order valence-corrected chi connectivity index (χ3v) is 4.52. The first-order valence-electron chi connectivity index (χ1n) is 7.64. The van der Waals surface area contributed by atoms with Crippen molar-refractivity contribution in [2.75, 3.05) is 5.32 Å². The summed E-state index contributed by atoms with van der Waals surface area (Å²) in [5.41, 5.74) is 11.0. The number of carbonyl (C=O) groups excluding carboxylic acids is 1. The van der Waals surface area contributed by atoms with Gasteiger partial charge >= 0.3 is 0 Å². The minimum Gasteiger partial charge on any atom is -0.378 e. The van der Waals surface area contributed by atoms with E-state index in [4.69, 9.17) is 5.73 Å². The maximum atomic E-state index is 11.4. The molecule has 1 amide bonds. The van der Waals surface area contributed by atoms with Crippen LogP contribution in [0.4, 0.5) is 5.69 Å². The van der Waals surface area contributed by atoms with Crippen molar-refractivity contribution in [2.45, 2.75) is 38.6 Å². The van der Waals surface area contributed by atoms with Crippen LogP contribution < -0.4 is 11.1 Å². The predicted molar refractivity (Wildman–Crippen MR) is 90.1 cm³/mol. The van der Waals surface area contributed by atoms with E-state index in [1.807, 2.05) is 12.1 Å². The predicted octanol–water partition coefficient (Wildman–Crippen LogP) is 3.93. The highest BCUT2D eigenvalue weighted by Crippen LogP contribution is 2.44. The van der Waals surface area contributed by atoms with Gasteiger partial charge < -0.3 is 11.1 Å². The van der Waals surface area contributed by atoms with Crippen LogP contribution in [0.2, 0.25) is 0 Å². The molecule has 0 saturated heterocycles. The maximum absolute atomic E-state index is 11.4. The van der Waals surface area contributed by atoms with Crippen molar-refractivity contribution < 1.29 is 4.79 Å². The summed E-state index contributed by atoms with van der Waals surface area (Å²) in [5.74, 6) is -0.382. The average Bonchev–Trinajstić information content (AvgIpc) is 2.47. The van der Waals surface area contributed by atoms with E-state index >= 15 is 0 Å². The second-order valence-corrected chi connectivity index (χ2v) is 6.82. The quantitative estimate of drug-likeness (QED) is 0.881. The summed E-state index contributed by atoms with van der Waals surface area (Å²) >= 11 is 0. The summed E-state index contributed by atoms with van der Waals surface area (Å²) in [6, 6.07) is 14.3. The first kappa shape index (κ1) is 14.6.